The van der Waals surface area contributed by atoms with Crippen LogP contribution in [0.25, 0.3) is 10.9 Å². The molecule has 4 heteroatoms. The summed E-state index contributed by atoms with van der Waals surface area (Å²) in [4.78, 5) is 14.4. The van der Waals surface area contributed by atoms with Crippen LogP contribution in [0, 0.1) is 0 Å². The fourth-order valence-corrected chi connectivity index (χ4v) is 2.72. The molecule has 0 fully saturated rings. The number of ether oxygens (including phenoxy) is 2. The normalized spacial score (nSPS) is 10.7. The molecule has 0 radical (unpaired) electrons. The van der Waals surface area contributed by atoms with E-state index in [4.69, 9.17) is 4.74 Å². The van der Waals surface area contributed by atoms with E-state index in [2.05, 4.69) is 21.9 Å². The van der Waals surface area contributed by atoms with E-state index in [9.17, 15) is 4.79 Å². The average Bonchev–Trinajstić information content (AvgIpc) is 3.04. The van der Waals surface area contributed by atoms with Crippen LogP contribution in [0.1, 0.15) is 17.5 Å². The van der Waals surface area contributed by atoms with Crippen LogP contribution < -0.4 is 4.74 Å². The molecule has 24 heavy (non-hydrogen) atoms. The number of carbonyl (C=O) groups excluding carboxylic acids is 1. The van der Waals surface area contributed by atoms with Crippen LogP contribution in [-0.4, -0.2) is 24.7 Å². The smallest absolute Gasteiger partial charge is 0.305 e. The predicted molar refractivity (Wildman–Crippen MR) is 94.3 cm³/mol. The Morgan fingerprint density at radius 2 is 1.83 bits per heavy atom. The van der Waals surface area contributed by atoms with E-state index in [1.165, 1.54) is 18.1 Å². The molecular weight excluding hydrogens is 302 g/mol. The molecule has 3 aromatic rings. The van der Waals surface area contributed by atoms with Crippen molar-refractivity contribution in [1.82, 2.24) is 4.98 Å². The van der Waals surface area contributed by atoms with Gasteiger partial charge in [-0.1, -0.05) is 30.3 Å². The topological polar surface area (TPSA) is 51.3 Å². The number of hydrogen-bond acceptors (Lipinski definition) is 3. The van der Waals surface area contributed by atoms with Crippen molar-refractivity contribution < 1.29 is 14.3 Å². The Kier molecular flexibility index (Phi) is 5.16. The lowest BCUT2D eigenvalue weighted by Crippen LogP contribution is -2.02. The van der Waals surface area contributed by atoms with Crippen molar-refractivity contribution in [2.75, 3.05) is 13.7 Å². The number of fused-ring (bicyclic) bond motifs is 1. The zero-order valence-corrected chi connectivity index (χ0v) is 13.7. The van der Waals surface area contributed by atoms with Crippen LogP contribution in [0.3, 0.4) is 0 Å². The fourth-order valence-electron chi connectivity index (χ4n) is 2.72. The minimum absolute atomic E-state index is 0.186. The van der Waals surface area contributed by atoms with Crippen LogP contribution >= 0.6 is 0 Å². The minimum Gasteiger partial charge on any atom is -0.493 e. The maximum Gasteiger partial charge on any atom is 0.305 e. The van der Waals surface area contributed by atoms with Crippen molar-refractivity contribution in [1.29, 1.82) is 0 Å². The number of rotatable bonds is 7. The third-order valence-electron chi connectivity index (χ3n) is 4.08. The second-order valence-electron chi connectivity index (χ2n) is 5.68. The van der Waals surface area contributed by atoms with Gasteiger partial charge in [-0.15, -0.1) is 0 Å². The molecule has 0 saturated heterocycles. The van der Waals surface area contributed by atoms with Gasteiger partial charge in [0.2, 0.25) is 0 Å². The third-order valence-corrected chi connectivity index (χ3v) is 4.08. The van der Waals surface area contributed by atoms with E-state index < -0.39 is 0 Å². The Hall–Kier alpha value is -2.75. The summed E-state index contributed by atoms with van der Waals surface area (Å²) in [5.41, 5.74) is 3.52. The van der Waals surface area contributed by atoms with Crippen LogP contribution in [0.2, 0.25) is 0 Å². The maximum absolute atomic E-state index is 11.1. The zero-order chi connectivity index (χ0) is 16.8. The van der Waals surface area contributed by atoms with E-state index in [0.717, 1.165) is 23.3 Å². The third kappa shape index (κ3) is 3.96. The van der Waals surface area contributed by atoms with Gasteiger partial charge in [0.15, 0.2) is 0 Å². The van der Waals surface area contributed by atoms with Crippen molar-refractivity contribution >= 4 is 16.9 Å². The highest BCUT2D eigenvalue weighted by Crippen LogP contribution is 2.19. The molecule has 1 aromatic heterocycles. The van der Waals surface area contributed by atoms with Crippen molar-refractivity contribution in [2.45, 2.75) is 19.3 Å². The second kappa shape index (κ2) is 7.68. The Morgan fingerprint density at radius 1 is 1.04 bits per heavy atom. The first-order chi connectivity index (χ1) is 11.8. The molecule has 3 rings (SSSR count). The average molecular weight is 323 g/mol. The van der Waals surface area contributed by atoms with Gasteiger partial charge in [0.1, 0.15) is 5.75 Å². The van der Waals surface area contributed by atoms with Gasteiger partial charge in [0.05, 0.1) is 13.7 Å². The molecule has 1 N–H and O–H groups in total. The molecule has 124 valence electrons. The monoisotopic (exact) mass is 323 g/mol. The molecule has 0 aliphatic rings. The molecule has 0 bridgehead atoms. The van der Waals surface area contributed by atoms with Crippen molar-refractivity contribution in [3.05, 3.63) is 65.9 Å². The number of aromatic nitrogens is 1. The molecular formula is C20H21NO3. The number of H-pyrrole nitrogens is 1. The largest absolute Gasteiger partial charge is 0.493 e. The van der Waals surface area contributed by atoms with Gasteiger partial charge in [-0.3, -0.25) is 4.79 Å². The molecule has 0 unspecified atom stereocenters. The SMILES string of the molecule is COC(=O)CCc1ccc(OCCc2c[nH]c3ccccc23)cc1. The van der Waals surface area contributed by atoms with Crippen molar-refractivity contribution in [3.63, 3.8) is 0 Å². The number of methoxy groups -OCH3 is 1. The quantitative estimate of drug-likeness (QED) is 0.671. The first-order valence-corrected chi connectivity index (χ1v) is 8.10. The first kappa shape index (κ1) is 16.1. The van der Waals surface area contributed by atoms with Crippen LogP contribution in [0.4, 0.5) is 0 Å². The van der Waals surface area contributed by atoms with Crippen molar-refractivity contribution in [2.24, 2.45) is 0 Å². The molecule has 2 aromatic carbocycles. The second-order valence-corrected chi connectivity index (χ2v) is 5.68. The molecule has 4 nitrogen and oxygen atoms in total. The molecule has 0 spiro atoms. The summed E-state index contributed by atoms with van der Waals surface area (Å²) >= 11 is 0. The number of para-hydroxylation sites is 1. The van der Waals surface area contributed by atoms with E-state index in [1.807, 2.05) is 42.6 Å². The Morgan fingerprint density at radius 3 is 2.62 bits per heavy atom. The molecule has 1 heterocycles. The highest BCUT2D eigenvalue weighted by molar-refractivity contribution is 5.83. The number of carbonyl (C=O) groups is 1. The molecule has 0 aliphatic heterocycles. The lowest BCUT2D eigenvalue weighted by Gasteiger charge is -2.07. The number of hydrogen-bond donors (Lipinski definition) is 1. The Labute approximate surface area is 141 Å². The summed E-state index contributed by atoms with van der Waals surface area (Å²) < 4.78 is 10.5. The highest BCUT2D eigenvalue weighted by Gasteiger charge is 2.04. The summed E-state index contributed by atoms with van der Waals surface area (Å²) in [6.07, 6.45) is 3.98. The Balaban J connectivity index is 1.51. The molecule has 0 atom stereocenters. The summed E-state index contributed by atoms with van der Waals surface area (Å²) in [5, 5.41) is 1.25. The number of benzene rings is 2. The number of nitrogens with one attached hydrogen (secondary N) is 1. The molecule has 0 aliphatic carbocycles. The van der Waals surface area contributed by atoms with Crippen molar-refractivity contribution in [3.8, 4) is 5.75 Å². The van der Waals surface area contributed by atoms with Gasteiger partial charge in [0.25, 0.3) is 0 Å². The number of esters is 1. The van der Waals surface area contributed by atoms with E-state index in [0.29, 0.717) is 19.4 Å². The standard InChI is InChI=1S/C20H21NO3/c1-23-20(22)11-8-15-6-9-17(10-7-15)24-13-12-16-14-21-19-5-3-2-4-18(16)19/h2-7,9-10,14,21H,8,11-13H2,1H3. The summed E-state index contributed by atoms with van der Waals surface area (Å²) in [6.45, 7) is 0.628. The Bertz CT molecular complexity index is 805. The first-order valence-electron chi connectivity index (χ1n) is 8.10. The number of aryl methyl sites for hydroxylation is 1. The predicted octanol–water partition coefficient (Wildman–Crippen LogP) is 3.90. The summed E-state index contributed by atoms with van der Waals surface area (Å²) in [6, 6.07) is 16.1. The highest BCUT2D eigenvalue weighted by atomic mass is 16.5. The van der Waals surface area contributed by atoms with E-state index >= 15 is 0 Å². The lowest BCUT2D eigenvalue weighted by atomic mass is 10.1. The summed E-state index contributed by atoms with van der Waals surface area (Å²) in [5.74, 6) is 0.658. The number of aromatic amines is 1. The van der Waals surface area contributed by atoms with Gasteiger partial charge in [-0.05, 0) is 35.7 Å². The van der Waals surface area contributed by atoms with Gasteiger partial charge >= 0.3 is 5.97 Å². The minimum atomic E-state index is -0.186. The lowest BCUT2D eigenvalue weighted by molar-refractivity contribution is -0.140. The summed E-state index contributed by atoms with van der Waals surface area (Å²) in [7, 11) is 1.41. The molecule has 0 amide bonds. The van der Waals surface area contributed by atoms with Gasteiger partial charge in [-0.25, -0.2) is 0 Å². The van der Waals surface area contributed by atoms with Gasteiger partial charge in [-0.2, -0.15) is 0 Å². The molecule has 0 saturated carbocycles. The van der Waals surface area contributed by atoms with Gasteiger partial charge in [0, 0.05) is 29.9 Å². The van der Waals surface area contributed by atoms with Crippen LogP contribution in [0.5, 0.6) is 5.75 Å². The van der Waals surface area contributed by atoms with E-state index in [1.54, 1.807) is 0 Å². The van der Waals surface area contributed by atoms with Crippen LogP contribution in [-0.2, 0) is 22.4 Å². The van der Waals surface area contributed by atoms with Crippen LogP contribution in [0.15, 0.2) is 54.7 Å². The van der Waals surface area contributed by atoms with E-state index in [-0.39, 0.29) is 5.97 Å². The zero-order valence-electron chi connectivity index (χ0n) is 13.7. The van der Waals surface area contributed by atoms with Gasteiger partial charge < -0.3 is 14.5 Å². The maximum atomic E-state index is 11.1. The fraction of sp³-hybridized carbons (Fsp3) is 0.250.